The van der Waals surface area contributed by atoms with Gasteiger partial charge in [-0.25, -0.2) is 0 Å². The Kier molecular flexibility index (Phi) is 4.73. The summed E-state index contributed by atoms with van der Waals surface area (Å²) in [7, 11) is 0. The number of hydrogen-bond donors (Lipinski definition) is 1. The molecule has 24 heavy (non-hydrogen) atoms. The number of amides is 1. The van der Waals surface area contributed by atoms with Crippen LogP contribution in [-0.4, -0.2) is 24.1 Å². The molecule has 6 heteroatoms. The summed E-state index contributed by atoms with van der Waals surface area (Å²) >= 11 is 0. The molecule has 0 fully saturated rings. The van der Waals surface area contributed by atoms with Crippen LogP contribution in [0.4, 0.5) is 5.69 Å². The highest BCUT2D eigenvalue weighted by molar-refractivity contribution is 6.09. The predicted octanol–water partition coefficient (Wildman–Crippen LogP) is 2.79. The Labute approximate surface area is 139 Å². The van der Waals surface area contributed by atoms with Gasteiger partial charge in [-0.15, -0.1) is 0 Å². The molecule has 0 unspecified atom stereocenters. The molecule has 0 aliphatic carbocycles. The second-order valence-corrected chi connectivity index (χ2v) is 5.12. The van der Waals surface area contributed by atoms with Crippen molar-refractivity contribution in [3.05, 3.63) is 53.9 Å². The van der Waals surface area contributed by atoms with Crippen molar-refractivity contribution in [1.82, 2.24) is 4.98 Å². The molecule has 6 nitrogen and oxygen atoms in total. The Bertz CT molecular complexity index is 810. The third-order valence-corrected chi connectivity index (χ3v) is 3.37. The number of nitrogens with one attached hydrogen (secondary N) is 1. The highest BCUT2D eigenvalue weighted by Crippen LogP contribution is 2.31. The first-order chi connectivity index (χ1) is 11.8. The van der Waals surface area contributed by atoms with E-state index in [1.807, 2.05) is 6.07 Å². The van der Waals surface area contributed by atoms with Crippen molar-refractivity contribution in [2.24, 2.45) is 0 Å². The maximum atomic E-state index is 12.2. The van der Waals surface area contributed by atoms with Gasteiger partial charge in [0.1, 0.15) is 11.6 Å². The number of fused-ring (bicyclic) bond motifs is 1. The van der Waals surface area contributed by atoms with E-state index in [1.165, 1.54) is 12.3 Å². The number of ether oxygens (including phenoxy) is 2. The molecule has 2 heterocycles. The van der Waals surface area contributed by atoms with Crippen molar-refractivity contribution < 1.29 is 14.3 Å². The number of nitriles is 1. The van der Waals surface area contributed by atoms with Gasteiger partial charge in [-0.1, -0.05) is 6.07 Å². The van der Waals surface area contributed by atoms with E-state index in [1.54, 1.807) is 36.5 Å². The molecule has 1 aliphatic heterocycles. The first-order valence-corrected chi connectivity index (χ1v) is 7.49. The molecule has 0 spiro atoms. The van der Waals surface area contributed by atoms with Crippen LogP contribution in [0.3, 0.4) is 0 Å². The van der Waals surface area contributed by atoms with Crippen LogP contribution < -0.4 is 14.8 Å². The molecular formula is C18H15N3O3. The van der Waals surface area contributed by atoms with Crippen molar-refractivity contribution in [3.63, 3.8) is 0 Å². The molecule has 120 valence electrons. The Morgan fingerprint density at radius 3 is 2.83 bits per heavy atom. The van der Waals surface area contributed by atoms with Gasteiger partial charge in [-0.3, -0.25) is 9.78 Å². The fraction of sp³-hybridized carbons (Fsp3) is 0.167. The summed E-state index contributed by atoms with van der Waals surface area (Å²) in [5.74, 6) is 0.798. The predicted molar refractivity (Wildman–Crippen MR) is 88.5 cm³/mol. The van der Waals surface area contributed by atoms with Gasteiger partial charge in [0.25, 0.3) is 5.91 Å². The molecule has 0 bridgehead atoms. The lowest BCUT2D eigenvalue weighted by Gasteiger charge is -2.08. The number of hydrogen-bond acceptors (Lipinski definition) is 5. The van der Waals surface area contributed by atoms with E-state index in [0.29, 0.717) is 36.0 Å². The van der Waals surface area contributed by atoms with E-state index in [4.69, 9.17) is 9.47 Å². The summed E-state index contributed by atoms with van der Waals surface area (Å²) in [6, 6.07) is 10.6. The number of carbonyl (C=O) groups is 1. The summed E-state index contributed by atoms with van der Waals surface area (Å²) in [6.45, 7) is 1.19. The van der Waals surface area contributed by atoms with E-state index >= 15 is 0 Å². The number of carbonyl (C=O) groups excluding carboxylic acids is 1. The molecule has 2 aromatic rings. The van der Waals surface area contributed by atoms with E-state index in [2.05, 4.69) is 10.3 Å². The normalized spacial score (nSPS) is 13.5. The minimum absolute atomic E-state index is 0.00616. The molecule has 0 saturated heterocycles. The zero-order valence-electron chi connectivity index (χ0n) is 12.9. The van der Waals surface area contributed by atoms with Gasteiger partial charge in [-0.2, -0.15) is 5.26 Å². The smallest absolute Gasteiger partial charge is 0.266 e. The van der Waals surface area contributed by atoms with Gasteiger partial charge in [0.15, 0.2) is 11.5 Å². The zero-order chi connectivity index (χ0) is 16.8. The Balaban J connectivity index is 1.81. The van der Waals surface area contributed by atoms with Crippen LogP contribution in [0.5, 0.6) is 11.5 Å². The zero-order valence-corrected chi connectivity index (χ0v) is 12.9. The summed E-state index contributed by atoms with van der Waals surface area (Å²) in [6.07, 6.45) is 5.45. The molecular weight excluding hydrogens is 306 g/mol. The Morgan fingerprint density at radius 2 is 2.08 bits per heavy atom. The van der Waals surface area contributed by atoms with Gasteiger partial charge in [-0.05, 0) is 35.9 Å². The first kappa shape index (κ1) is 15.6. The van der Waals surface area contributed by atoms with Gasteiger partial charge in [0.2, 0.25) is 0 Å². The van der Waals surface area contributed by atoms with E-state index in [-0.39, 0.29) is 5.57 Å². The maximum absolute atomic E-state index is 12.2. The van der Waals surface area contributed by atoms with Gasteiger partial charge in [0.05, 0.1) is 25.1 Å². The van der Waals surface area contributed by atoms with Crippen LogP contribution in [0, 0.1) is 11.3 Å². The number of rotatable bonds is 3. The fourth-order valence-electron chi connectivity index (χ4n) is 2.22. The summed E-state index contributed by atoms with van der Waals surface area (Å²) < 4.78 is 11.2. The number of benzene rings is 1. The van der Waals surface area contributed by atoms with Gasteiger partial charge >= 0.3 is 0 Å². The SMILES string of the molecule is N#C/C(=C\c1ccc2c(c1)OCCCO2)C(=O)Nc1cccnc1. The van der Waals surface area contributed by atoms with Crippen molar-refractivity contribution >= 4 is 17.7 Å². The van der Waals surface area contributed by atoms with Crippen LogP contribution in [0.2, 0.25) is 0 Å². The standard InChI is InChI=1S/C18H15N3O3/c19-11-14(18(22)21-15-3-1-6-20-12-15)9-13-4-5-16-17(10-13)24-8-2-7-23-16/h1,3-6,9-10,12H,2,7-8H2,(H,21,22)/b14-9+. The summed E-state index contributed by atoms with van der Waals surface area (Å²) in [4.78, 5) is 16.1. The van der Waals surface area contributed by atoms with Crippen LogP contribution >= 0.6 is 0 Å². The third-order valence-electron chi connectivity index (χ3n) is 3.37. The Morgan fingerprint density at radius 1 is 1.25 bits per heavy atom. The van der Waals surface area contributed by atoms with Crippen LogP contribution in [0.15, 0.2) is 48.3 Å². The summed E-state index contributed by atoms with van der Waals surface area (Å²) in [5.41, 5.74) is 1.22. The van der Waals surface area contributed by atoms with Gasteiger partial charge < -0.3 is 14.8 Å². The molecule has 1 amide bonds. The second kappa shape index (κ2) is 7.29. The number of anilines is 1. The molecule has 1 aliphatic rings. The largest absolute Gasteiger partial charge is 0.490 e. The number of aromatic nitrogens is 1. The van der Waals surface area contributed by atoms with Crippen molar-refractivity contribution in [2.75, 3.05) is 18.5 Å². The highest BCUT2D eigenvalue weighted by atomic mass is 16.5. The lowest BCUT2D eigenvalue weighted by Crippen LogP contribution is -2.13. The monoisotopic (exact) mass is 321 g/mol. The Hall–Kier alpha value is -3.33. The quantitative estimate of drug-likeness (QED) is 0.694. The molecule has 0 radical (unpaired) electrons. The average Bonchev–Trinajstić information content (AvgIpc) is 2.85. The lowest BCUT2D eigenvalue weighted by atomic mass is 10.1. The second-order valence-electron chi connectivity index (χ2n) is 5.12. The van der Waals surface area contributed by atoms with Crippen LogP contribution in [0.1, 0.15) is 12.0 Å². The molecule has 1 N–H and O–H groups in total. The minimum atomic E-state index is -0.488. The van der Waals surface area contributed by atoms with Crippen molar-refractivity contribution in [1.29, 1.82) is 5.26 Å². The van der Waals surface area contributed by atoms with Crippen molar-refractivity contribution in [3.8, 4) is 17.6 Å². The van der Waals surface area contributed by atoms with E-state index in [9.17, 15) is 10.1 Å². The molecule has 1 aromatic carbocycles. The number of nitrogens with zero attached hydrogens (tertiary/aromatic N) is 2. The third kappa shape index (κ3) is 3.70. The minimum Gasteiger partial charge on any atom is -0.490 e. The van der Waals surface area contributed by atoms with Gasteiger partial charge in [0, 0.05) is 12.6 Å². The highest BCUT2D eigenvalue weighted by Gasteiger charge is 2.13. The maximum Gasteiger partial charge on any atom is 0.266 e. The average molecular weight is 321 g/mol. The lowest BCUT2D eigenvalue weighted by molar-refractivity contribution is -0.112. The first-order valence-electron chi connectivity index (χ1n) is 7.49. The van der Waals surface area contributed by atoms with Crippen molar-refractivity contribution in [2.45, 2.75) is 6.42 Å². The molecule has 0 atom stereocenters. The topological polar surface area (TPSA) is 84.2 Å². The van der Waals surface area contributed by atoms with E-state index < -0.39 is 5.91 Å². The fourth-order valence-corrected chi connectivity index (χ4v) is 2.22. The van der Waals surface area contributed by atoms with Crippen LogP contribution in [0.25, 0.3) is 6.08 Å². The molecule has 3 rings (SSSR count). The molecule has 1 aromatic heterocycles. The van der Waals surface area contributed by atoms with Crippen LogP contribution in [-0.2, 0) is 4.79 Å². The number of pyridine rings is 1. The van der Waals surface area contributed by atoms with E-state index in [0.717, 1.165) is 6.42 Å². The molecule has 0 saturated carbocycles. The summed E-state index contributed by atoms with van der Waals surface area (Å²) in [5, 5.41) is 11.9.